The van der Waals surface area contributed by atoms with Crippen LogP contribution < -0.4 is 10.6 Å². The van der Waals surface area contributed by atoms with E-state index in [-0.39, 0.29) is 19.3 Å². The number of amides is 2. The normalized spacial score (nSPS) is 21.1. The van der Waals surface area contributed by atoms with Gasteiger partial charge >= 0.3 is 12.2 Å². The van der Waals surface area contributed by atoms with Crippen LogP contribution in [0.2, 0.25) is 0 Å². The summed E-state index contributed by atoms with van der Waals surface area (Å²) in [6.07, 6.45) is -0.263. The molecular formula is C22H26N2O5. The molecule has 2 aromatic carbocycles. The van der Waals surface area contributed by atoms with E-state index >= 15 is 0 Å². The molecule has 1 aliphatic rings. The van der Waals surface area contributed by atoms with Crippen LogP contribution in [0.1, 0.15) is 30.4 Å². The molecular weight excluding hydrogens is 372 g/mol. The van der Waals surface area contributed by atoms with Crippen LogP contribution in [0.15, 0.2) is 60.7 Å². The highest BCUT2D eigenvalue weighted by molar-refractivity contribution is 5.69. The topological polar surface area (TPSA) is 96.9 Å². The zero-order valence-corrected chi connectivity index (χ0v) is 16.1. The summed E-state index contributed by atoms with van der Waals surface area (Å²) in [6.45, 7) is 0.318. The van der Waals surface area contributed by atoms with Gasteiger partial charge in [0.2, 0.25) is 0 Å². The van der Waals surface area contributed by atoms with Gasteiger partial charge in [-0.15, -0.1) is 0 Å². The van der Waals surface area contributed by atoms with E-state index < -0.39 is 24.3 Å². The Morgan fingerprint density at radius 3 is 1.79 bits per heavy atom. The van der Waals surface area contributed by atoms with Crippen molar-refractivity contribution in [2.45, 2.75) is 50.7 Å². The lowest BCUT2D eigenvalue weighted by Crippen LogP contribution is -2.55. The van der Waals surface area contributed by atoms with E-state index in [1.54, 1.807) is 0 Å². The summed E-state index contributed by atoms with van der Waals surface area (Å²) in [5.74, 6) is 0. The molecule has 3 atom stereocenters. The fourth-order valence-corrected chi connectivity index (χ4v) is 3.31. The van der Waals surface area contributed by atoms with Crippen LogP contribution in [-0.4, -0.2) is 35.5 Å². The molecule has 0 saturated heterocycles. The predicted molar refractivity (Wildman–Crippen MR) is 107 cm³/mol. The Morgan fingerprint density at radius 2 is 1.28 bits per heavy atom. The highest BCUT2D eigenvalue weighted by Crippen LogP contribution is 2.20. The molecule has 1 fully saturated rings. The minimum Gasteiger partial charge on any atom is -0.445 e. The summed E-state index contributed by atoms with van der Waals surface area (Å²) in [5, 5.41) is 15.5. The number of carbonyl (C=O) groups excluding carboxylic acids is 2. The maximum absolute atomic E-state index is 12.2. The molecule has 2 aromatic rings. The number of hydrogen-bond acceptors (Lipinski definition) is 5. The van der Waals surface area contributed by atoms with E-state index in [2.05, 4.69) is 10.6 Å². The first-order valence-electron chi connectivity index (χ1n) is 9.72. The Balaban J connectivity index is 1.48. The third-order valence-corrected chi connectivity index (χ3v) is 4.85. The quantitative estimate of drug-likeness (QED) is 0.695. The molecule has 0 spiro atoms. The van der Waals surface area contributed by atoms with Crippen molar-refractivity contribution in [2.75, 3.05) is 0 Å². The number of benzene rings is 2. The maximum atomic E-state index is 12.2. The molecule has 7 heteroatoms. The number of nitrogens with one attached hydrogen (secondary N) is 2. The molecule has 1 saturated carbocycles. The van der Waals surface area contributed by atoms with E-state index in [0.717, 1.165) is 11.1 Å². The van der Waals surface area contributed by atoms with Crippen molar-refractivity contribution in [1.29, 1.82) is 0 Å². The van der Waals surface area contributed by atoms with Gasteiger partial charge in [0.1, 0.15) is 13.2 Å². The predicted octanol–water partition coefficient (Wildman–Crippen LogP) is 3.12. The summed E-state index contributed by atoms with van der Waals surface area (Å²) in [4.78, 5) is 24.3. The summed E-state index contributed by atoms with van der Waals surface area (Å²) >= 11 is 0. The van der Waals surface area contributed by atoms with E-state index in [1.165, 1.54) is 0 Å². The summed E-state index contributed by atoms with van der Waals surface area (Å²) in [7, 11) is 0. The molecule has 1 unspecified atom stereocenters. The standard InChI is InChI=1S/C22H26N2O5/c25-18-11-12-19(23-21(26)28-14-16-7-3-1-4-8-16)20(13-18)24-22(27)29-15-17-9-5-2-6-10-17/h1-10,18-20,25H,11-15H2,(H,23,26)(H,24,27)/t18?,19-,20+/m0/s1. The highest BCUT2D eigenvalue weighted by atomic mass is 16.6. The first kappa shape index (κ1) is 20.7. The molecule has 0 aliphatic heterocycles. The van der Waals surface area contributed by atoms with Crippen molar-refractivity contribution in [3.05, 3.63) is 71.8 Å². The number of alkyl carbamates (subject to hydrolysis) is 2. The maximum Gasteiger partial charge on any atom is 0.407 e. The third kappa shape index (κ3) is 6.80. The Bertz CT molecular complexity index is 784. The van der Waals surface area contributed by atoms with Gasteiger partial charge in [-0.1, -0.05) is 60.7 Å². The van der Waals surface area contributed by atoms with Gasteiger partial charge in [0.25, 0.3) is 0 Å². The number of hydrogen-bond donors (Lipinski definition) is 3. The first-order valence-corrected chi connectivity index (χ1v) is 9.72. The van der Waals surface area contributed by atoms with Gasteiger partial charge in [0.15, 0.2) is 0 Å². The monoisotopic (exact) mass is 398 g/mol. The van der Waals surface area contributed by atoms with Gasteiger partial charge in [-0.25, -0.2) is 9.59 Å². The number of aliphatic hydroxyl groups excluding tert-OH is 1. The lowest BCUT2D eigenvalue weighted by atomic mass is 9.88. The molecule has 0 radical (unpaired) electrons. The average molecular weight is 398 g/mol. The number of ether oxygens (including phenoxy) is 2. The molecule has 0 aromatic heterocycles. The van der Waals surface area contributed by atoms with Gasteiger partial charge in [0, 0.05) is 0 Å². The van der Waals surface area contributed by atoms with E-state index in [1.807, 2.05) is 60.7 Å². The zero-order valence-electron chi connectivity index (χ0n) is 16.1. The second-order valence-corrected chi connectivity index (χ2v) is 7.09. The van der Waals surface area contributed by atoms with Crippen molar-refractivity contribution in [2.24, 2.45) is 0 Å². The minimum absolute atomic E-state index is 0.152. The third-order valence-electron chi connectivity index (χ3n) is 4.85. The van der Waals surface area contributed by atoms with Crippen molar-refractivity contribution >= 4 is 12.2 Å². The van der Waals surface area contributed by atoms with Crippen LogP contribution in [0.4, 0.5) is 9.59 Å². The van der Waals surface area contributed by atoms with Gasteiger partial charge in [0.05, 0.1) is 18.2 Å². The van der Waals surface area contributed by atoms with E-state index in [4.69, 9.17) is 9.47 Å². The lowest BCUT2D eigenvalue weighted by molar-refractivity contribution is 0.0789. The number of rotatable bonds is 6. The van der Waals surface area contributed by atoms with Crippen molar-refractivity contribution in [3.63, 3.8) is 0 Å². The minimum atomic E-state index is -0.586. The average Bonchev–Trinajstić information content (AvgIpc) is 2.74. The first-order chi connectivity index (χ1) is 14.1. The van der Waals surface area contributed by atoms with Crippen LogP contribution in [0.5, 0.6) is 0 Å². The summed E-state index contributed by atoms with van der Waals surface area (Å²) in [6, 6.07) is 18.0. The van der Waals surface area contributed by atoms with Gasteiger partial charge < -0.3 is 25.2 Å². The highest BCUT2D eigenvalue weighted by Gasteiger charge is 2.32. The Hall–Kier alpha value is -3.06. The summed E-state index contributed by atoms with van der Waals surface area (Å²) in [5.41, 5.74) is 1.77. The number of aliphatic hydroxyl groups is 1. The Kier molecular flexibility index (Phi) is 7.47. The SMILES string of the molecule is O=C(N[C@H]1CCC(O)C[C@H]1NC(=O)OCc1ccccc1)OCc1ccccc1. The van der Waals surface area contributed by atoms with Gasteiger partial charge in [-0.3, -0.25) is 0 Å². The van der Waals surface area contributed by atoms with Crippen molar-refractivity contribution in [3.8, 4) is 0 Å². The molecule has 154 valence electrons. The van der Waals surface area contributed by atoms with E-state index in [9.17, 15) is 14.7 Å². The van der Waals surface area contributed by atoms with Crippen LogP contribution in [0.25, 0.3) is 0 Å². The second-order valence-electron chi connectivity index (χ2n) is 7.09. The number of carbonyl (C=O) groups is 2. The molecule has 0 heterocycles. The van der Waals surface area contributed by atoms with Crippen LogP contribution >= 0.6 is 0 Å². The van der Waals surface area contributed by atoms with Gasteiger partial charge in [-0.2, -0.15) is 0 Å². The van der Waals surface area contributed by atoms with Crippen LogP contribution in [0.3, 0.4) is 0 Å². The molecule has 0 bridgehead atoms. The smallest absolute Gasteiger partial charge is 0.407 e. The van der Waals surface area contributed by atoms with Crippen LogP contribution in [0, 0.1) is 0 Å². The van der Waals surface area contributed by atoms with Crippen molar-refractivity contribution in [1.82, 2.24) is 10.6 Å². The van der Waals surface area contributed by atoms with Crippen molar-refractivity contribution < 1.29 is 24.2 Å². The molecule has 2 amide bonds. The Labute approximate surface area is 170 Å². The molecule has 7 nitrogen and oxygen atoms in total. The zero-order chi connectivity index (χ0) is 20.5. The van der Waals surface area contributed by atoms with Gasteiger partial charge in [-0.05, 0) is 30.4 Å². The second kappa shape index (κ2) is 10.5. The summed E-state index contributed by atoms with van der Waals surface area (Å²) < 4.78 is 10.5. The Morgan fingerprint density at radius 1 is 0.793 bits per heavy atom. The fourth-order valence-electron chi connectivity index (χ4n) is 3.31. The lowest BCUT2D eigenvalue weighted by Gasteiger charge is -2.34. The molecule has 3 N–H and O–H groups in total. The largest absolute Gasteiger partial charge is 0.445 e. The molecule has 29 heavy (non-hydrogen) atoms. The van der Waals surface area contributed by atoms with Crippen LogP contribution in [-0.2, 0) is 22.7 Å². The van der Waals surface area contributed by atoms with E-state index in [0.29, 0.717) is 19.3 Å². The molecule has 3 rings (SSSR count). The molecule has 1 aliphatic carbocycles. The fraction of sp³-hybridized carbons (Fsp3) is 0.364.